The van der Waals surface area contributed by atoms with Crippen molar-refractivity contribution in [3.05, 3.63) is 0 Å². The average molecular weight is 1350 g/mol. The van der Waals surface area contributed by atoms with Crippen LogP contribution >= 0.6 is 0 Å². The Kier molecular flexibility index (Phi) is 25.1. The Hall–Kier alpha value is -3.18. The fourth-order valence-electron chi connectivity index (χ4n) is 24.6. The summed E-state index contributed by atoms with van der Waals surface area (Å²) in [4.78, 5) is 77.9. The van der Waals surface area contributed by atoms with Crippen molar-refractivity contribution in [2.75, 3.05) is 0 Å². The van der Waals surface area contributed by atoms with Crippen molar-refractivity contribution in [2.45, 2.75) is 355 Å². The minimum absolute atomic E-state index is 0. The van der Waals surface area contributed by atoms with E-state index < -0.39 is 16.2 Å². The van der Waals surface area contributed by atoms with Gasteiger partial charge in [0.1, 0.15) is 35.1 Å². The number of ether oxygens (including phenoxy) is 6. The fraction of sp³-hybridized carbons (Fsp3) is 0.929. The Balaban J connectivity index is 0.000000197. The van der Waals surface area contributed by atoms with E-state index in [2.05, 4.69) is 41.5 Å². The monoisotopic (exact) mass is 1350 g/mol. The Morgan fingerprint density at radius 3 is 0.854 bits per heavy atom. The van der Waals surface area contributed by atoms with Gasteiger partial charge in [-0.25, -0.2) is 0 Å². The van der Waals surface area contributed by atoms with Gasteiger partial charge in [0, 0.05) is 0 Å². The van der Waals surface area contributed by atoms with Crippen molar-refractivity contribution < 1.29 is 57.2 Å². The molecule has 96 heavy (non-hydrogen) atoms. The van der Waals surface area contributed by atoms with Crippen LogP contribution in [0.3, 0.4) is 0 Å². The molecule has 24 unspecified atom stereocenters. The highest BCUT2D eigenvalue weighted by molar-refractivity contribution is 5.78. The first-order valence-electron chi connectivity index (χ1n) is 38.1. The summed E-state index contributed by atoms with van der Waals surface area (Å²) in [6.45, 7) is 24.6. The molecule has 12 heteroatoms. The van der Waals surface area contributed by atoms with Crippen LogP contribution < -0.4 is 0 Å². The maximum atomic E-state index is 13.4. The molecular weight excluding hydrogens is 1200 g/mol. The molecule has 15 rings (SSSR count). The molecule has 15 aliphatic carbocycles. The number of fused-ring (bicyclic) bond motifs is 27. The van der Waals surface area contributed by atoms with Crippen LogP contribution in [-0.2, 0) is 57.2 Å². The smallest absolute Gasteiger partial charge is 0.311 e. The molecule has 0 aliphatic heterocycles. The van der Waals surface area contributed by atoms with E-state index in [1.165, 1.54) is 83.5 Å². The van der Waals surface area contributed by atoms with E-state index in [4.69, 9.17) is 28.4 Å². The summed E-state index contributed by atoms with van der Waals surface area (Å²) in [5.74, 6) is 11.4. The zero-order valence-corrected chi connectivity index (χ0v) is 58.0. The lowest BCUT2D eigenvalue weighted by Crippen LogP contribution is -2.45. The standard InChI is InChI=1S/C27H42O4.C26H40O4.C25H38O4.6CH4/c1-5-26(3,4)25(29)30-21-15-17-14-20(21)23-18-12-16(22(17)23)13-19(18)24(28)31-27(6-2)10-8-7-9-11-27;1-5-25(3,4)24(28)29-20-14-16-13-19(20)22-17-11-15(21(16)22)12-18(17)23(27)30-26(6-2)9-7-8-10-26;1-5-24(2,3)23(27)28-19-13-15-12-18(19)21-16-10-14(20(15)21)11-17(16)22(26)29-25(4)8-6-7-9-25;;;;;;/h16-23H,5-15H2,1-4H3;15-22H,5-14H2,1-4H3;14-21H,5-13H2,1-4H3;6*1H4. The highest BCUT2D eigenvalue weighted by atomic mass is 16.6. The van der Waals surface area contributed by atoms with Crippen LogP contribution in [0.4, 0.5) is 0 Å². The average Bonchev–Trinajstić information content (AvgIpc) is 1.56. The first-order chi connectivity index (χ1) is 42.8. The lowest BCUT2D eigenvalue weighted by Gasteiger charge is -2.42. The number of carbonyl (C=O) groups excluding carboxylic acids is 6. The number of carbonyl (C=O) groups is 6. The summed E-state index contributed by atoms with van der Waals surface area (Å²) in [7, 11) is 0. The van der Waals surface area contributed by atoms with Crippen LogP contribution in [-0.4, -0.2) is 70.9 Å². The van der Waals surface area contributed by atoms with Gasteiger partial charge in [0.2, 0.25) is 0 Å². The molecule has 0 aromatic heterocycles. The van der Waals surface area contributed by atoms with Gasteiger partial charge in [0.05, 0.1) is 34.0 Å². The first-order valence-corrected chi connectivity index (χ1v) is 38.1. The summed E-state index contributed by atoms with van der Waals surface area (Å²) in [6, 6.07) is 0. The van der Waals surface area contributed by atoms with E-state index >= 15 is 0 Å². The minimum Gasteiger partial charge on any atom is -0.462 e. The van der Waals surface area contributed by atoms with Gasteiger partial charge >= 0.3 is 35.8 Å². The van der Waals surface area contributed by atoms with Crippen molar-refractivity contribution in [1.29, 1.82) is 0 Å². The molecule has 0 radical (unpaired) electrons. The molecule has 0 aromatic rings. The third-order valence-electron chi connectivity index (χ3n) is 30.5. The van der Waals surface area contributed by atoms with Crippen LogP contribution in [0, 0.1) is 141 Å². The molecule has 12 bridgehead atoms. The van der Waals surface area contributed by atoms with Gasteiger partial charge in [-0.05, 0) is 341 Å². The van der Waals surface area contributed by atoms with Gasteiger partial charge in [0.15, 0.2) is 0 Å². The summed E-state index contributed by atoms with van der Waals surface area (Å²) >= 11 is 0. The largest absolute Gasteiger partial charge is 0.462 e. The molecule has 12 nitrogen and oxygen atoms in total. The molecule has 0 amide bonds. The van der Waals surface area contributed by atoms with E-state index in [-0.39, 0.29) is 133 Å². The van der Waals surface area contributed by atoms with Crippen LogP contribution in [0.2, 0.25) is 0 Å². The summed E-state index contributed by atoms with van der Waals surface area (Å²) < 4.78 is 36.9. The second-order valence-corrected chi connectivity index (χ2v) is 36.0. The van der Waals surface area contributed by atoms with Gasteiger partial charge in [-0.3, -0.25) is 28.8 Å². The predicted octanol–water partition coefficient (Wildman–Crippen LogP) is 20.4. The van der Waals surface area contributed by atoms with Gasteiger partial charge in [-0.2, -0.15) is 0 Å². The Bertz CT molecular complexity index is 2690. The molecule has 0 N–H and O–H groups in total. The molecule has 0 aromatic carbocycles. The van der Waals surface area contributed by atoms with Gasteiger partial charge in [-0.15, -0.1) is 0 Å². The number of hydrogen-bond donors (Lipinski definition) is 0. The van der Waals surface area contributed by atoms with Crippen LogP contribution in [0.15, 0.2) is 0 Å². The van der Waals surface area contributed by atoms with E-state index in [0.29, 0.717) is 88.8 Å². The molecular formula is C84H144O12. The first kappa shape index (κ1) is 80.1. The third kappa shape index (κ3) is 14.0. The summed E-state index contributed by atoms with van der Waals surface area (Å²) in [5, 5.41) is 0. The third-order valence-corrected chi connectivity index (χ3v) is 30.5. The Morgan fingerprint density at radius 1 is 0.323 bits per heavy atom. The number of hydrogen-bond acceptors (Lipinski definition) is 12. The van der Waals surface area contributed by atoms with Crippen LogP contribution in [0.1, 0.15) is 320 Å². The van der Waals surface area contributed by atoms with Gasteiger partial charge in [0.25, 0.3) is 0 Å². The molecule has 0 spiro atoms. The van der Waals surface area contributed by atoms with Gasteiger partial charge < -0.3 is 28.4 Å². The number of esters is 6. The second kappa shape index (κ2) is 30.0. The highest BCUT2D eigenvalue weighted by Gasteiger charge is 2.70. The molecule has 24 atom stereocenters. The fourth-order valence-corrected chi connectivity index (χ4v) is 24.6. The van der Waals surface area contributed by atoms with Gasteiger partial charge in [-0.1, -0.05) is 85.6 Å². The maximum Gasteiger partial charge on any atom is 0.311 e. The van der Waals surface area contributed by atoms with E-state index in [0.717, 1.165) is 127 Å². The van der Waals surface area contributed by atoms with E-state index in [1.54, 1.807) is 0 Å². The Morgan fingerprint density at radius 2 is 0.573 bits per heavy atom. The molecule has 15 fully saturated rings. The molecule has 552 valence electrons. The molecule has 0 heterocycles. The van der Waals surface area contributed by atoms with Crippen LogP contribution in [0.25, 0.3) is 0 Å². The van der Waals surface area contributed by atoms with Crippen molar-refractivity contribution >= 4 is 35.8 Å². The molecule has 15 saturated carbocycles. The lowest BCUT2D eigenvalue weighted by molar-refractivity contribution is -0.175. The summed E-state index contributed by atoms with van der Waals surface area (Å²) in [6.07, 6.45) is 32.5. The second-order valence-electron chi connectivity index (χ2n) is 36.0. The Labute approximate surface area is 586 Å². The quantitative estimate of drug-likeness (QED) is 0.0772. The van der Waals surface area contributed by atoms with Crippen molar-refractivity contribution in [3.8, 4) is 0 Å². The van der Waals surface area contributed by atoms with Crippen molar-refractivity contribution in [3.63, 3.8) is 0 Å². The number of rotatable bonds is 17. The lowest BCUT2D eigenvalue weighted by atomic mass is 9.66. The maximum absolute atomic E-state index is 13.4. The molecule has 15 aliphatic rings. The van der Waals surface area contributed by atoms with Crippen molar-refractivity contribution in [2.24, 2.45) is 141 Å². The van der Waals surface area contributed by atoms with Crippen molar-refractivity contribution in [1.82, 2.24) is 0 Å². The SMILES string of the molecule is C.C.C.C.C.C.CCC(C)(C)C(=O)OC1CC2CC1C1C3CC(CC3C(=O)OC3(C)CCCC3)C21.CCC1(OC(=O)C2CC3CC2C2C4CC(CC4OC(=O)C(C)(C)CC)C32)CCCC1.CCC1(OC(=O)C2CC3CC2C2C4CC(CC4OC(=O)C(C)(C)CC)C32)CCCCC1. The summed E-state index contributed by atoms with van der Waals surface area (Å²) in [5.41, 5.74) is -1.82. The highest BCUT2D eigenvalue weighted by Crippen LogP contribution is 2.72. The van der Waals surface area contributed by atoms with E-state index in [9.17, 15) is 28.8 Å². The topological polar surface area (TPSA) is 158 Å². The zero-order valence-electron chi connectivity index (χ0n) is 58.0. The normalized spacial score (nSPS) is 40.5. The molecule has 0 saturated heterocycles. The zero-order chi connectivity index (χ0) is 63.8. The van der Waals surface area contributed by atoms with E-state index in [1.807, 2.05) is 41.5 Å². The minimum atomic E-state index is -0.406. The predicted molar refractivity (Wildman–Crippen MR) is 384 cm³/mol. The van der Waals surface area contributed by atoms with Crippen LogP contribution in [0.5, 0.6) is 0 Å².